The van der Waals surface area contributed by atoms with E-state index in [9.17, 15) is 92.0 Å². The Labute approximate surface area is 681 Å². The van der Waals surface area contributed by atoms with Crippen LogP contribution in [0, 0.1) is 56.7 Å². The number of benzene rings is 5. The fraction of sp³-hybridized carbons (Fsp3) is 0.321. The summed E-state index contributed by atoms with van der Waals surface area (Å²) >= 11 is 0. The van der Waals surface area contributed by atoms with Crippen molar-refractivity contribution in [2.45, 2.75) is 144 Å². The van der Waals surface area contributed by atoms with Crippen LogP contribution in [0.1, 0.15) is 92.7 Å². The van der Waals surface area contributed by atoms with E-state index in [-0.39, 0.29) is 91.3 Å². The SMILES string of the molecule is CO[C@@H]1CCC(=O)N1c1ccc2c(C#N)nccc2c1.CO[C@H]1CCC(=O)N1c1ccc2c(C#N)nccc2c1.C[SiH2]C(F)(F)F.C[SiH2]C(F)(F)F.N#Cc1nccc2cc(N3C(=O)CC[C@@H]3[C@@H](O)C(F)(F)F)ccc12.N#Cc1nccc2cc(N3C(=O)CC[C@@H]3[C@H](O)C(F)(F)F)ccc12.N#Cc1nccc2cc(N3C(=O)CC[C@H]3CO)ccc12. The molecule has 5 aliphatic heterocycles. The van der Waals surface area contributed by atoms with E-state index in [0.717, 1.165) is 59.2 Å². The zero-order valence-corrected chi connectivity index (χ0v) is 66.9. The summed E-state index contributed by atoms with van der Waals surface area (Å²) in [5.41, 5.74) is 4.41. The van der Waals surface area contributed by atoms with Gasteiger partial charge in [0.25, 0.3) is 0 Å². The van der Waals surface area contributed by atoms with Gasteiger partial charge in [0.15, 0.2) is 12.2 Å². The largest absolute Gasteiger partial charge is 0.416 e. The van der Waals surface area contributed by atoms with Crippen molar-refractivity contribution >= 4 is 131 Å². The number of amides is 5. The molecule has 5 fully saturated rings. The zero-order valence-electron chi connectivity index (χ0n) is 64.1. The summed E-state index contributed by atoms with van der Waals surface area (Å²) in [6, 6.07) is 41.5. The van der Waals surface area contributed by atoms with Gasteiger partial charge in [-0.3, -0.25) is 33.8 Å². The first-order valence-corrected chi connectivity index (χ1v) is 41.1. The Morgan fingerprint density at radius 3 is 0.842 bits per heavy atom. The number of halogens is 12. The molecule has 5 aromatic heterocycles. The lowest BCUT2D eigenvalue weighted by Crippen LogP contribution is -2.48. The molecule has 5 aliphatic rings. The number of methoxy groups -OCH3 is 2. The van der Waals surface area contributed by atoms with Gasteiger partial charge in [0, 0.05) is 146 Å². The Bertz CT molecular complexity index is 5230. The van der Waals surface area contributed by atoms with Crippen molar-refractivity contribution in [3.8, 4) is 30.3 Å². The van der Waals surface area contributed by atoms with Crippen molar-refractivity contribution < 1.29 is 101 Å². The van der Waals surface area contributed by atoms with E-state index in [2.05, 4.69) is 43.1 Å². The minimum Gasteiger partial charge on any atom is -0.394 e. The normalized spacial score (nSPS) is 18.5. The minimum atomic E-state index is -4.80. The molecule has 0 aliphatic carbocycles. The van der Waals surface area contributed by atoms with Gasteiger partial charge in [0.05, 0.1) is 24.7 Å². The Hall–Kier alpha value is -12.7. The number of rotatable bonds is 10. The monoisotopic (exact) mass is 1700 g/mol. The molecule has 0 radical (unpaired) electrons. The third-order valence-electron chi connectivity index (χ3n) is 19.8. The van der Waals surface area contributed by atoms with Gasteiger partial charge in [0.1, 0.15) is 90.3 Å². The summed E-state index contributed by atoms with van der Waals surface area (Å²) < 4.78 is 153. The van der Waals surface area contributed by atoms with E-state index in [1.165, 1.54) is 49.8 Å². The second-order valence-electron chi connectivity index (χ2n) is 27.2. The Morgan fingerprint density at radius 1 is 0.383 bits per heavy atom. The van der Waals surface area contributed by atoms with Gasteiger partial charge in [-0.05, 0) is 168 Å². The lowest BCUT2D eigenvalue weighted by atomic mass is 10.1. The number of carbonyl (C=O) groups excluding carboxylic acids is 5. The van der Waals surface area contributed by atoms with E-state index < -0.39 is 79.1 Å². The number of anilines is 5. The molecule has 10 aromatic rings. The fourth-order valence-electron chi connectivity index (χ4n) is 13.8. The number of aliphatic hydroxyl groups excluding tert-OH is 3. The van der Waals surface area contributed by atoms with E-state index in [4.69, 9.17) is 35.8 Å². The average molecular weight is 1700 g/mol. The third kappa shape index (κ3) is 21.8. The van der Waals surface area contributed by atoms with Crippen LogP contribution in [0.5, 0.6) is 0 Å². The molecule has 120 heavy (non-hydrogen) atoms. The van der Waals surface area contributed by atoms with Gasteiger partial charge in [-0.1, -0.05) is 13.1 Å². The van der Waals surface area contributed by atoms with E-state index in [0.29, 0.717) is 77.2 Å². The molecule has 0 bridgehead atoms. The standard InChI is InChI=1S/2C16H12F3N3O2.3C15H13N3O2.2C2H5F3Si/c2*17-16(18,19)15(24)13-3-4-14(23)22(13)10-1-2-11-9(7-10)5-6-21-12(11)8-20;2*1-20-15-5-4-14(19)18(15)11-2-3-12-10(8-11)6-7-17-13(12)9-16;16-8-14-13-3-1-11(7-10(13)5-6-17-14)18-12(9-19)2-4-15(18)20;2*1-6-2(3,4)5/h2*1-2,5-7,13,15,24H,3-4H2;2*2-3,6-8,15H,4-5H2,1H3;1,3,5-7,12,19H,2,4,9H2;2*6H2,1H3/t13-,15+;13-,15-;2*15-;12-;;/m11100../s1. The second-order valence-corrected chi connectivity index (χ2v) is 30.2. The number of hydrogen-bond donors (Lipinski definition) is 3. The van der Waals surface area contributed by atoms with E-state index >= 15 is 0 Å². The number of aliphatic hydroxyl groups is 3. The van der Waals surface area contributed by atoms with Gasteiger partial charge < -0.3 is 39.5 Å². The van der Waals surface area contributed by atoms with Crippen LogP contribution in [0.4, 0.5) is 81.1 Å². The first-order chi connectivity index (χ1) is 57.0. The van der Waals surface area contributed by atoms with E-state index in [1.54, 1.807) is 83.9 Å². The first kappa shape index (κ1) is 91.2. The molecule has 0 spiro atoms. The molecule has 25 nitrogen and oxygen atoms in total. The van der Waals surface area contributed by atoms with Crippen LogP contribution >= 0.6 is 0 Å². The lowest BCUT2D eigenvalue weighted by molar-refractivity contribution is -0.209. The van der Waals surface area contributed by atoms with Gasteiger partial charge in [-0.15, -0.1) is 0 Å². The summed E-state index contributed by atoms with van der Waals surface area (Å²) in [4.78, 5) is 86.9. The summed E-state index contributed by atoms with van der Waals surface area (Å²) in [5, 5.41) is 80.9. The summed E-state index contributed by atoms with van der Waals surface area (Å²) in [7, 11) is -0.283. The molecular weight excluding hydrogens is 1630 g/mol. The number of aromatic nitrogens is 5. The molecule has 5 aromatic carbocycles. The molecule has 10 heterocycles. The highest BCUT2D eigenvalue weighted by molar-refractivity contribution is 6.36. The van der Waals surface area contributed by atoms with Crippen molar-refractivity contribution in [1.29, 1.82) is 26.3 Å². The summed E-state index contributed by atoms with van der Waals surface area (Å²) in [6.45, 7) is 2.41. The topological polar surface area (TPSA) is 364 Å². The van der Waals surface area contributed by atoms with Crippen molar-refractivity contribution in [3.63, 3.8) is 0 Å². The average Bonchev–Trinajstić information content (AvgIpc) is 1.52. The Morgan fingerprint density at radius 2 is 0.608 bits per heavy atom. The van der Waals surface area contributed by atoms with Crippen LogP contribution in [-0.4, -0.2) is 176 Å². The zero-order chi connectivity index (χ0) is 87.7. The maximum absolute atomic E-state index is 12.8. The summed E-state index contributed by atoms with van der Waals surface area (Å²) in [6.07, 6.45) is -4.35. The molecule has 0 saturated carbocycles. The Kier molecular flexibility index (Phi) is 30.2. The predicted molar refractivity (Wildman–Crippen MR) is 421 cm³/mol. The van der Waals surface area contributed by atoms with Crippen LogP contribution < -0.4 is 24.5 Å². The smallest absolute Gasteiger partial charge is 0.394 e. The quantitative estimate of drug-likeness (QED) is 0.0845. The van der Waals surface area contributed by atoms with Crippen molar-refractivity contribution in [3.05, 3.63) is 181 Å². The number of nitriles is 5. The van der Waals surface area contributed by atoms with Crippen LogP contribution in [0.3, 0.4) is 0 Å². The number of pyridine rings is 5. The molecule has 39 heteroatoms. The maximum Gasteiger partial charge on any atom is 0.416 e. The van der Waals surface area contributed by atoms with Crippen LogP contribution in [-0.2, 0) is 33.4 Å². The molecular formula is C81H73F12N15O10Si2. The first-order valence-electron chi connectivity index (χ1n) is 36.8. The summed E-state index contributed by atoms with van der Waals surface area (Å²) in [5.74, 6) is -8.44. The molecule has 624 valence electrons. The number of hydrogen-bond acceptors (Lipinski definition) is 20. The van der Waals surface area contributed by atoms with Gasteiger partial charge in [0.2, 0.25) is 29.5 Å². The van der Waals surface area contributed by atoms with Gasteiger partial charge in [-0.25, -0.2) is 24.9 Å². The van der Waals surface area contributed by atoms with Crippen LogP contribution in [0.25, 0.3) is 53.9 Å². The molecule has 0 unspecified atom stereocenters. The number of carbonyl (C=O) groups is 5. The van der Waals surface area contributed by atoms with Crippen molar-refractivity contribution in [1.82, 2.24) is 24.9 Å². The van der Waals surface area contributed by atoms with Crippen LogP contribution in [0.15, 0.2) is 152 Å². The molecule has 3 N–H and O–H groups in total. The molecule has 5 amide bonds. The fourth-order valence-corrected chi connectivity index (χ4v) is 13.8. The molecule has 15 rings (SSSR count). The maximum atomic E-state index is 12.8. The molecule has 5 saturated heterocycles. The lowest BCUT2D eigenvalue weighted by Gasteiger charge is -2.30. The second kappa shape index (κ2) is 39.7. The minimum absolute atomic E-state index is 0.0259. The van der Waals surface area contributed by atoms with Crippen molar-refractivity contribution in [2.24, 2.45) is 0 Å². The highest BCUT2D eigenvalue weighted by atomic mass is 28.2. The van der Waals surface area contributed by atoms with E-state index in [1.807, 2.05) is 72.8 Å². The number of fused-ring (bicyclic) bond motifs is 5. The van der Waals surface area contributed by atoms with Gasteiger partial charge >= 0.3 is 24.0 Å². The van der Waals surface area contributed by atoms with Crippen molar-refractivity contribution in [2.75, 3.05) is 45.3 Å². The number of ether oxygens (including phenoxy) is 2. The third-order valence-corrected chi connectivity index (χ3v) is 21.4. The Balaban J connectivity index is 0.000000165. The number of nitrogens with zero attached hydrogens (tertiary/aromatic N) is 15. The van der Waals surface area contributed by atoms with Crippen LogP contribution in [0.2, 0.25) is 13.1 Å². The predicted octanol–water partition coefficient (Wildman–Crippen LogP) is 12.5. The highest BCUT2D eigenvalue weighted by Crippen LogP contribution is 2.40. The number of alkyl halides is 12. The molecule has 7 atom stereocenters. The van der Waals surface area contributed by atoms with Gasteiger partial charge in [-0.2, -0.15) is 79.0 Å². The highest BCUT2D eigenvalue weighted by Gasteiger charge is 2.51.